The van der Waals surface area contributed by atoms with Crippen LogP contribution in [0.2, 0.25) is 0 Å². The van der Waals surface area contributed by atoms with Crippen molar-refractivity contribution in [3.63, 3.8) is 0 Å². The molecule has 2 nitrogen and oxygen atoms in total. The largest absolute Gasteiger partial charge is 0.334 e. The zero-order chi connectivity index (χ0) is 22.0. The highest BCUT2D eigenvalue weighted by atomic mass is 15.1. The van der Waals surface area contributed by atoms with Crippen LogP contribution in [0.3, 0.4) is 0 Å². The molecule has 1 aromatic carbocycles. The Kier molecular flexibility index (Phi) is 14.1. The Hall–Kier alpha value is -1.57. The number of imidazole rings is 1. The van der Waals surface area contributed by atoms with Crippen molar-refractivity contribution >= 4 is 0 Å². The van der Waals surface area contributed by atoms with Gasteiger partial charge in [-0.05, 0) is 30.7 Å². The fourth-order valence-electron chi connectivity index (χ4n) is 4.94. The summed E-state index contributed by atoms with van der Waals surface area (Å²) in [4.78, 5) is 4.40. The molecule has 2 atom stereocenters. The number of hydrogen-bond donors (Lipinski definition) is 0. The van der Waals surface area contributed by atoms with Crippen LogP contribution in [0.15, 0.2) is 49.1 Å². The van der Waals surface area contributed by atoms with Gasteiger partial charge >= 0.3 is 0 Å². The van der Waals surface area contributed by atoms with Gasteiger partial charge in [-0.15, -0.1) is 0 Å². The molecule has 174 valence electrons. The van der Waals surface area contributed by atoms with Gasteiger partial charge in [-0.2, -0.15) is 0 Å². The van der Waals surface area contributed by atoms with Crippen molar-refractivity contribution in [1.29, 1.82) is 0 Å². The second-order valence-electron chi connectivity index (χ2n) is 9.49. The lowest BCUT2D eigenvalue weighted by Gasteiger charge is -2.29. The Labute approximate surface area is 192 Å². The van der Waals surface area contributed by atoms with Crippen molar-refractivity contribution in [1.82, 2.24) is 9.55 Å². The van der Waals surface area contributed by atoms with E-state index in [0.29, 0.717) is 12.0 Å². The SMILES string of the molecule is CCCCCCCCCCC(C(CCCCCCC)Cc1ccccc1)n1ccnc1. The molecule has 2 unspecified atom stereocenters. The Morgan fingerprint density at radius 3 is 1.87 bits per heavy atom. The van der Waals surface area contributed by atoms with Crippen molar-refractivity contribution in [2.75, 3.05) is 0 Å². The van der Waals surface area contributed by atoms with E-state index in [1.165, 1.54) is 108 Å². The van der Waals surface area contributed by atoms with Gasteiger partial charge in [0.15, 0.2) is 0 Å². The molecule has 1 aromatic heterocycles. The van der Waals surface area contributed by atoms with Crippen LogP contribution in [-0.4, -0.2) is 9.55 Å². The summed E-state index contributed by atoms with van der Waals surface area (Å²) in [5.74, 6) is 0.697. The molecule has 0 N–H and O–H groups in total. The standard InChI is InChI=1S/C29H48N2/c1-3-5-7-9-10-11-13-18-22-29(31-24-23-30-26-31)28(21-17-12-8-6-4-2)25-27-19-15-14-16-20-27/h14-16,19-20,23-24,26,28-29H,3-13,17-18,21-22,25H2,1-2H3. The molecule has 0 radical (unpaired) electrons. The van der Waals surface area contributed by atoms with E-state index in [1.807, 2.05) is 6.20 Å². The maximum absolute atomic E-state index is 4.40. The molecule has 0 spiro atoms. The minimum absolute atomic E-state index is 0.578. The Balaban J connectivity index is 1.92. The van der Waals surface area contributed by atoms with E-state index in [1.54, 1.807) is 0 Å². The molecule has 2 aromatic rings. The third-order valence-electron chi connectivity index (χ3n) is 6.82. The van der Waals surface area contributed by atoms with E-state index < -0.39 is 0 Å². The van der Waals surface area contributed by atoms with Crippen LogP contribution >= 0.6 is 0 Å². The van der Waals surface area contributed by atoms with Gasteiger partial charge in [-0.3, -0.25) is 0 Å². The average Bonchev–Trinajstić information content (AvgIpc) is 3.33. The predicted octanol–water partition coefficient (Wildman–Crippen LogP) is 9.17. The summed E-state index contributed by atoms with van der Waals surface area (Å²) in [6, 6.07) is 11.7. The zero-order valence-corrected chi connectivity index (χ0v) is 20.5. The van der Waals surface area contributed by atoms with Crippen LogP contribution in [0.25, 0.3) is 0 Å². The summed E-state index contributed by atoms with van der Waals surface area (Å²) in [6.07, 6.45) is 28.0. The molecule has 0 aliphatic rings. The first-order chi connectivity index (χ1) is 15.3. The van der Waals surface area contributed by atoms with Crippen molar-refractivity contribution in [2.45, 2.75) is 123 Å². The second kappa shape index (κ2) is 17.0. The number of unbranched alkanes of at least 4 members (excludes halogenated alkanes) is 11. The summed E-state index contributed by atoms with van der Waals surface area (Å²) in [5, 5.41) is 0. The fraction of sp³-hybridized carbons (Fsp3) is 0.690. The molecule has 0 fully saturated rings. The first-order valence-corrected chi connectivity index (χ1v) is 13.4. The molecule has 2 heteroatoms. The zero-order valence-electron chi connectivity index (χ0n) is 20.5. The molecular weight excluding hydrogens is 376 g/mol. The number of hydrogen-bond acceptors (Lipinski definition) is 1. The van der Waals surface area contributed by atoms with Crippen LogP contribution in [0.5, 0.6) is 0 Å². The number of nitrogens with zero attached hydrogens (tertiary/aromatic N) is 2. The molecule has 0 aliphatic carbocycles. The van der Waals surface area contributed by atoms with Crippen molar-refractivity contribution in [3.8, 4) is 0 Å². The third-order valence-corrected chi connectivity index (χ3v) is 6.82. The number of aromatic nitrogens is 2. The fourth-order valence-corrected chi connectivity index (χ4v) is 4.94. The van der Waals surface area contributed by atoms with Crippen LogP contribution < -0.4 is 0 Å². The highest BCUT2D eigenvalue weighted by Gasteiger charge is 2.22. The molecule has 2 rings (SSSR count). The topological polar surface area (TPSA) is 17.8 Å². The highest BCUT2D eigenvalue weighted by Crippen LogP contribution is 2.32. The van der Waals surface area contributed by atoms with E-state index in [-0.39, 0.29) is 0 Å². The lowest BCUT2D eigenvalue weighted by atomic mass is 9.84. The summed E-state index contributed by atoms with van der Waals surface area (Å²) < 4.78 is 2.42. The van der Waals surface area contributed by atoms with Crippen molar-refractivity contribution in [2.24, 2.45) is 5.92 Å². The minimum Gasteiger partial charge on any atom is -0.334 e. The molecule has 0 bridgehead atoms. The van der Waals surface area contributed by atoms with Gasteiger partial charge in [-0.25, -0.2) is 4.98 Å². The summed E-state index contributed by atoms with van der Waals surface area (Å²) in [5.41, 5.74) is 1.49. The monoisotopic (exact) mass is 424 g/mol. The first kappa shape index (κ1) is 25.7. The maximum Gasteiger partial charge on any atom is 0.0948 e. The van der Waals surface area contributed by atoms with E-state index in [2.05, 4.69) is 66.3 Å². The molecule has 0 saturated carbocycles. The van der Waals surface area contributed by atoms with Gasteiger partial charge in [0, 0.05) is 18.4 Å². The predicted molar refractivity (Wildman–Crippen MR) is 136 cm³/mol. The highest BCUT2D eigenvalue weighted by molar-refractivity contribution is 5.15. The van der Waals surface area contributed by atoms with Crippen LogP contribution in [0, 0.1) is 5.92 Å². The van der Waals surface area contributed by atoms with Gasteiger partial charge in [0.1, 0.15) is 0 Å². The normalized spacial score (nSPS) is 13.4. The molecule has 31 heavy (non-hydrogen) atoms. The van der Waals surface area contributed by atoms with Gasteiger partial charge < -0.3 is 4.57 Å². The van der Waals surface area contributed by atoms with Crippen molar-refractivity contribution < 1.29 is 0 Å². The van der Waals surface area contributed by atoms with Gasteiger partial charge in [-0.1, -0.05) is 128 Å². The molecule has 1 heterocycles. The molecule has 0 aliphatic heterocycles. The number of benzene rings is 1. The smallest absolute Gasteiger partial charge is 0.0948 e. The van der Waals surface area contributed by atoms with Crippen LogP contribution in [-0.2, 0) is 6.42 Å². The second-order valence-corrected chi connectivity index (χ2v) is 9.49. The van der Waals surface area contributed by atoms with E-state index in [0.717, 1.165) is 0 Å². The van der Waals surface area contributed by atoms with E-state index in [9.17, 15) is 0 Å². The average molecular weight is 425 g/mol. The lowest BCUT2D eigenvalue weighted by Crippen LogP contribution is -2.21. The lowest BCUT2D eigenvalue weighted by molar-refractivity contribution is 0.275. The quantitative estimate of drug-likeness (QED) is 0.205. The van der Waals surface area contributed by atoms with Gasteiger partial charge in [0.2, 0.25) is 0 Å². The van der Waals surface area contributed by atoms with E-state index in [4.69, 9.17) is 0 Å². The van der Waals surface area contributed by atoms with Crippen LogP contribution in [0.1, 0.15) is 122 Å². The number of rotatable bonds is 19. The van der Waals surface area contributed by atoms with Gasteiger partial charge in [0.05, 0.1) is 6.33 Å². The molecule has 0 saturated heterocycles. The van der Waals surface area contributed by atoms with Crippen molar-refractivity contribution in [3.05, 3.63) is 54.6 Å². The summed E-state index contributed by atoms with van der Waals surface area (Å²) >= 11 is 0. The molecule has 0 amide bonds. The van der Waals surface area contributed by atoms with E-state index >= 15 is 0 Å². The maximum atomic E-state index is 4.40. The Morgan fingerprint density at radius 1 is 0.710 bits per heavy atom. The summed E-state index contributed by atoms with van der Waals surface area (Å²) in [6.45, 7) is 4.60. The third kappa shape index (κ3) is 11.0. The van der Waals surface area contributed by atoms with Gasteiger partial charge in [0.25, 0.3) is 0 Å². The summed E-state index contributed by atoms with van der Waals surface area (Å²) in [7, 11) is 0. The minimum atomic E-state index is 0.578. The Morgan fingerprint density at radius 2 is 1.29 bits per heavy atom. The van der Waals surface area contributed by atoms with Crippen LogP contribution in [0.4, 0.5) is 0 Å². The first-order valence-electron chi connectivity index (χ1n) is 13.4. The Bertz CT molecular complexity index is 619. The molecular formula is C29H48N2.